The maximum atomic E-state index is 11.9. The molecule has 0 aliphatic carbocycles. The summed E-state index contributed by atoms with van der Waals surface area (Å²) < 4.78 is 11.0. The molecule has 0 radical (unpaired) electrons. The number of hydrogen-bond acceptors (Lipinski definition) is 4. The molecule has 0 saturated carbocycles. The summed E-state index contributed by atoms with van der Waals surface area (Å²) in [4.78, 5) is 16.4. The zero-order valence-electron chi connectivity index (χ0n) is 17.4. The molecule has 4 nitrogen and oxygen atoms in total. The van der Waals surface area contributed by atoms with E-state index in [2.05, 4.69) is 18.0 Å². The third kappa shape index (κ3) is 7.43. The number of pyridine rings is 1. The molecule has 28 heavy (non-hydrogen) atoms. The molecule has 1 unspecified atom stereocenters. The van der Waals surface area contributed by atoms with E-state index in [1.165, 1.54) is 18.4 Å². The van der Waals surface area contributed by atoms with E-state index in [9.17, 15) is 4.79 Å². The molecular formula is C24H33NO3. The van der Waals surface area contributed by atoms with Gasteiger partial charge in [0.2, 0.25) is 0 Å². The van der Waals surface area contributed by atoms with Gasteiger partial charge < -0.3 is 9.47 Å². The molecule has 0 bridgehead atoms. The highest BCUT2D eigenvalue weighted by molar-refractivity contribution is 5.75. The number of aryl methyl sites for hydroxylation is 1. The van der Waals surface area contributed by atoms with Crippen LogP contribution in [0.15, 0.2) is 42.6 Å². The molecule has 1 aromatic carbocycles. The lowest BCUT2D eigenvalue weighted by Gasteiger charge is -2.09. The maximum Gasteiger partial charge on any atom is 0.314 e. The summed E-state index contributed by atoms with van der Waals surface area (Å²) in [5.74, 6) is 0.298. The average Bonchev–Trinajstić information content (AvgIpc) is 2.73. The quantitative estimate of drug-likeness (QED) is 0.262. The van der Waals surface area contributed by atoms with Gasteiger partial charge in [-0.2, -0.15) is 0 Å². The van der Waals surface area contributed by atoms with Crippen molar-refractivity contribution in [3.05, 3.63) is 48.2 Å². The van der Waals surface area contributed by atoms with Gasteiger partial charge in [0.05, 0.1) is 11.6 Å². The number of benzene rings is 1. The van der Waals surface area contributed by atoms with Gasteiger partial charge >= 0.3 is 5.97 Å². The molecule has 1 heterocycles. The predicted molar refractivity (Wildman–Crippen MR) is 113 cm³/mol. The van der Waals surface area contributed by atoms with Crippen LogP contribution in [0.25, 0.3) is 11.3 Å². The summed E-state index contributed by atoms with van der Waals surface area (Å²) in [6.07, 6.45) is 8.33. The SMILES string of the molecule is CCCCCOCCCc1ccc(-c2ccc(OC(=O)C(C)CC)cc2)nc1. The van der Waals surface area contributed by atoms with Crippen LogP contribution >= 0.6 is 0 Å². The summed E-state index contributed by atoms with van der Waals surface area (Å²) in [6, 6.07) is 11.7. The average molecular weight is 384 g/mol. The molecule has 0 fully saturated rings. The number of ether oxygens (including phenoxy) is 2. The normalized spacial score (nSPS) is 12.0. The van der Waals surface area contributed by atoms with E-state index in [4.69, 9.17) is 9.47 Å². The molecule has 1 atom stereocenters. The number of hydrogen-bond donors (Lipinski definition) is 0. The molecule has 0 aliphatic rings. The van der Waals surface area contributed by atoms with E-state index in [1.54, 1.807) is 0 Å². The number of nitrogens with zero attached hydrogens (tertiary/aromatic N) is 1. The lowest BCUT2D eigenvalue weighted by molar-refractivity contribution is -0.138. The Morgan fingerprint density at radius 1 is 1.00 bits per heavy atom. The minimum atomic E-state index is -0.188. The Labute approximate surface area is 169 Å². The molecule has 152 valence electrons. The Kier molecular flexibility index (Phi) is 9.70. The van der Waals surface area contributed by atoms with Gasteiger partial charge in [0.1, 0.15) is 5.75 Å². The predicted octanol–water partition coefficient (Wildman–Crippen LogP) is 5.84. The first-order chi connectivity index (χ1) is 13.6. The fourth-order valence-corrected chi connectivity index (χ4v) is 2.75. The smallest absolute Gasteiger partial charge is 0.314 e. The number of aromatic nitrogens is 1. The summed E-state index contributed by atoms with van der Waals surface area (Å²) in [5, 5.41) is 0. The van der Waals surface area contributed by atoms with Crippen molar-refractivity contribution in [1.29, 1.82) is 0 Å². The van der Waals surface area contributed by atoms with Crippen molar-refractivity contribution in [1.82, 2.24) is 4.98 Å². The van der Waals surface area contributed by atoms with Gasteiger partial charge in [0, 0.05) is 25.0 Å². The summed E-state index contributed by atoms with van der Waals surface area (Å²) in [7, 11) is 0. The van der Waals surface area contributed by atoms with Gasteiger partial charge in [-0.05, 0) is 61.6 Å². The van der Waals surface area contributed by atoms with Crippen LogP contribution in [0.3, 0.4) is 0 Å². The van der Waals surface area contributed by atoms with Gasteiger partial charge in [0.15, 0.2) is 0 Å². The van der Waals surface area contributed by atoms with E-state index in [1.807, 2.05) is 50.4 Å². The number of rotatable bonds is 12. The second-order valence-corrected chi connectivity index (χ2v) is 7.23. The van der Waals surface area contributed by atoms with Gasteiger partial charge in [0.25, 0.3) is 0 Å². The second-order valence-electron chi connectivity index (χ2n) is 7.23. The third-order valence-electron chi connectivity index (χ3n) is 4.85. The fraction of sp³-hybridized carbons (Fsp3) is 0.500. The minimum absolute atomic E-state index is 0.0874. The van der Waals surface area contributed by atoms with Crippen molar-refractivity contribution in [3.8, 4) is 17.0 Å². The number of carbonyl (C=O) groups excluding carboxylic acids is 1. The fourth-order valence-electron chi connectivity index (χ4n) is 2.75. The van der Waals surface area contributed by atoms with Gasteiger partial charge in [-0.1, -0.05) is 39.7 Å². The topological polar surface area (TPSA) is 48.4 Å². The highest BCUT2D eigenvalue weighted by atomic mass is 16.5. The third-order valence-corrected chi connectivity index (χ3v) is 4.85. The van der Waals surface area contributed by atoms with E-state index >= 15 is 0 Å². The molecule has 2 aromatic rings. The van der Waals surface area contributed by atoms with Crippen LogP contribution in [0.2, 0.25) is 0 Å². The van der Waals surface area contributed by atoms with Crippen LogP contribution in [0, 0.1) is 5.92 Å². The standard InChI is InChI=1S/C24H33NO3/c1-4-6-7-16-27-17-8-9-20-10-15-23(25-18-20)21-11-13-22(14-12-21)28-24(26)19(3)5-2/h10-15,18-19H,4-9,16-17H2,1-3H3. The number of esters is 1. The molecular weight excluding hydrogens is 350 g/mol. The van der Waals surface area contributed by atoms with Crippen molar-refractivity contribution >= 4 is 5.97 Å². The summed E-state index contributed by atoms with van der Waals surface area (Å²) in [6.45, 7) is 7.73. The molecule has 4 heteroatoms. The van der Waals surface area contributed by atoms with E-state index < -0.39 is 0 Å². The number of unbranched alkanes of at least 4 members (excludes halogenated alkanes) is 2. The Hall–Kier alpha value is -2.20. The molecule has 1 aromatic heterocycles. The highest BCUT2D eigenvalue weighted by Crippen LogP contribution is 2.22. The zero-order valence-corrected chi connectivity index (χ0v) is 17.4. The van der Waals surface area contributed by atoms with Crippen LogP contribution in [-0.4, -0.2) is 24.2 Å². The van der Waals surface area contributed by atoms with Gasteiger partial charge in [-0.25, -0.2) is 0 Å². The van der Waals surface area contributed by atoms with E-state index in [-0.39, 0.29) is 11.9 Å². The summed E-state index contributed by atoms with van der Waals surface area (Å²) in [5.41, 5.74) is 3.15. The Morgan fingerprint density at radius 3 is 2.39 bits per heavy atom. The van der Waals surface area contributed by atoms with Crippen LogP contribution in [0.5, 0.6) is 5.75 Å². The monoisotopic (exact) mass is 383 g/mol. The number of carbonyl (C=O) groups is 1. The second kappa shape index (κ2) is 12.3. The molecule has 0 saturated heterocycles. The maximum absolute atomic E-state index is 11.9. The Balaban J connectivity index is 1.80. The largest absolute Gasteiger partial charge is 0.426 e. The molecule has 0 amide bonds. The van der Waals surface area contributed by atoms with Crippen molar-refractivity contribution in [2.24, 2.45) is 5.92 Å². The van der Waals surface area contributed by atoms with E-state index in [0.29, 0.717) is 5.75 Å². The Bertz CT molecular complexity index is 695. The lowest BCUT2D eigenvalue weighted by atomic mass is 10.1. The summed E-state index contributed by atoms with van der Waals surface area (Å²) >= 11 is 0. The van der Waals surface area contributed by atoms with Crippen LogP contribution in [-0.2, 0) is 16.0 Å². The van der Waals surface area contributed by atoms with Crippen molar-refractivity contribution in [3.63, 3.8) is 0 Å². The van der Waals surface area contributed by atoms with Crippen molar-refractivity contribution < 1.29 is 14.3 Å². The minimum Gasteiger partial charge on any atom is -0.426 e. The first-order valence-corrected chi connectivity index (χ1v) is 10.5. The van der Waals surface area contributed by atoms with Crippen LogP contribution < -0.4 is 4.74 Å². The van der Waals surface area contributed by atoms with Crippen molar-refractivity contribution in [2.75, 3.05) is 13.2 Å². The molecule has 0 N–H and O–H groups in total. The van der Waals surface area contributed by atoms with E-state index in [0.717, 1.165) is 50.2 Å². The van der Waals surface area contributed by atoms with Crippen molar-refractivity contribution in [2.45, 2.75) is 59.3 Å². The van der Waals surface area contributed by atoms with Crippen LogP contribution in [0.4, 0.5) is 0 Å². The molecule has 2 rings (SSSR count). The van der Waals surface area contributed by atoms with Crippen LogP contribution in [0.1, 0.15) is 58.4 Å². The molecule has 0 aliphatic heterocycles. The first kappa shape index (κ1) is 22.1. The first-order valence-electron chi connectivity index (χ1n) is 10.5. The lowest BCUT2D eigenvalue weighted by Crippen LogP contribution is -2.16. The van der Waals surface area contributed by atoms with Gasteiger partial charge in [-0.15, -0.1) is 0 Å². The Morgan fingerprint density at radius 2 is 1.75 bits per heavy atom. The molecule has 0 spiro atoms. The highest BCUT2D eigenvalue weighted by Gasteiger charge is 2.13. The van der Waals surface area contributed by atoms with Gasteiger partial charge in [-0.3, -0.25) is 9.78 Å². The zero-order chi connectivity index (χ0) is 20.2.